The summed E-state index contributed by atoms with van der Waals surface area (Å²) in [6.07, 6.45) is 0. The second-order valence-electron chi connectivity index (χ2n) is 2.73. The molecule has 1 aromatic carbocycles. The van der Waals surface area contributed by atoms with Crippen molar-refractivity contribution in [1.82, 2.24) is 0 Å². The summed E-state index contributed by atoms with van der Waals surface area (Å²) in [4.78, 5) is 11.4. The van der Waals surface area contributed by atoms with Crippen LogP contribution in [0.15, 0.2) is 18.2 Å². The standard InChI is InChI=1S/C9H5Cl2NOS/c10-5-3-1-2-4-6(11)8(9(12)13)14-7(4)5/h1-3H,(H2,12,13). The molecule has 0 saturated carbocycles. The SMILES string of the molecule is NC(=O)c1sc2c(Cl)cccc2c1Cl. The van der Waals surface area contributed by atoms with Gasteiger partial charge in [0, 0.05) is 5.39 Å². The average Bonchev–Trinajstić information content (AvgIpc) is 2.46. The number of benzene rings is 1. The zero-order valence-electron chi connectivity index (χ0n) is 6.88. The van der Waals surface area contributed by atoms with Crippen LogP contribution in [0, 0.1) is 0 Å². The summed E-state index contributed by atoms with van der Waals surface area (Å²) in [5.74, 6) is -0.521. The van der Waals surface area contributed by atoms with Crippen molar-refractivity contribution in [3.8, 4) is 0 Å². The quantitative estimate of drug-likeness (QED) is 0.824. The lowest BCUT2D eigenvalue weighted by atomic mass is 10.2. The van der Waals surface area contributed by atoms with Gasteiger partial charge in [0.05, 0.1) is 14.7 Å². The van der Waals surface area contributed by atoms with Crippen LogP contribution >= 0.6 is 34.5 Å². The largest absolute Gasteiger partial charge is 0.365 e. The van der Waals surface area contributed by atoms with Crippen LogP contribution in [0.25, 0.3) is 10.1 Å². The van der Waals surface area contributed by atoms with Gasteiger partial charge in [0.15, 0.2) is 0 Å². The van der Waals surface area contributed by atoms with Gasteiger partial charge in [-0.05, 0) is 6.07 Å². The number of nitrogens with two attached hydrogens (primary N) is 1. The minimum absolute atomic E-state index is 0.356. The lowest BCUT2D eigenvalue weighted by Gasteiger charge is -1.91. The fraction of sp³-hybridized carbons (Fsp3) is 0. The van der Waals surface area contributed by atoms with Gasteiger partial charge in [-0.15, -0.1) is 11.3 Å². The van der Waals surface area contributed by atoms with Crippen LogP contribution in [0.5, 0.6) is 0 Å². The Balaban J connectivity index is 2.86. The molecule has 72 valence electrons. The van der Waals surface area contributed by atoms with Gasteiger partial charge in [-0.2, -0.15) is 0 Å². The van der Waals surface area contributed by atoms with E-state index in [1.54, 1.807) is 12.1 Å². The number of carbonyl (C=O) groups is 1. The Kier molecular flexibility index (Phi) is 2.39. The van der Waals surface area contributed by atoms with Crippen molar-refractivity contribution in [1.29, 1.82) is 0 Å². The van der Waals surface area contributed by atoms with Gasteiger partial charge in [-0.3, -0.25) is 4.79 Å². The van der Waals surface area contributed by atoms with Crippen LogP contribution in [0.3, 0.4) is 0 Å². The minimum atomic E-state index is -0.521. The number of carbonyl (C=O) groups excluding carboxylic acids is 1. The highest BCUT2D eigenvalue weighted by atomic mass is 35.5. The number of thiophene rings is 1. The first kappa shape index (κ1) is 9.77. The zero-order chi connectivity index (χ0) is 10.3. The molecule has 0 aliphatic rings. The van der Waals surface area contributed by atoms with Crippen LogP contribution in [0.2, 0.25) is 10.0 Å². The Hall–Kier alpha value is -0.770. The summed E-state index contributed by atoms with van der Waals surface area (Å²) < 4.78 is 0.799. The minimum Gasteiger partial charge on any atom is -0.365 e. The van der Waals surface area contributed by atoms with Crippen molar-refractivity contribution in [2.24, 2.45) is 5.73 Å². The molecule has 0 aliphatic heterocycles. The highest BCUT2D eigenvalue weighted by Crippen LogP contribution is 2.38. The summed E-state index contributed by atoms with van der Waals surface area (Å²) in [5, 5.41) is 1.75. The molecule has 5 heteroatoms. The second kappa shape index (κ2) is 3.42. The van der Waals surface area contributed by atoms with Crippen LogP contribution in [0.4, 0.5) is 0 Å². The molecule has 0 fully saturated rings. The second-order valence-corrected chi connectivity index (χ2v) is 4.53. The number of hydrogen-bond acceptors (Lipinski definition) is 2. The molecule has 0 atom stereocenters. The van der Waals surface area contributed by atoms with E-state index in [0.717, 1.165) is 10.1 Å². The van der Waals surface area contributed by atoms with Gasteiger partial charge in [-0.1, -0.05) is 35.3 Å². The number of hydrogen-bond donors (Lipinski definition) is 1. The van der Waals surface area contributed by atoms with E-state index in [9.17, 15) is 4.79 Å². The monoisotopic (exact) mass is 245 g/mol. The third kappa shape index (κ3) is 1.38. The van der Waals surface area contributed by atoms with Gasteiger partial charge in [-0.25, -0.2) is 0 Å². The smallest absolute Gasteiger partial charge is 0.260 e. The fourth-order valence-electron chi connectivity index (χ4n) is 1.21. The first-order valence-corrected chi connectivity index (χ1v) is 5.35. The zero-order valence-corrected chi connectivity index (χ0v) is 9.21. The lowest BCUT2D eigenvalue weighted by molar-refractivity contribution is 0.100. The van der Waals surface area contributed by atoms with E-state index < -0.39 is 5.91 Å². The van der Waals surface area contributed by atoms with Crippen LogP contribution in [0.1, 0.15) is 9.67 Å². The van der Waals surface area contributed by atoms with E-state index in [1.807, 2.05) is 6.07 Å². The molecule has 0 unspecified atom stereocenters. The third-order valence-electron chi connectivity index (χ3n) is 1.83. The predicted molar refractivity (Wildman–Crippen MR) is 60.4 cm³/mol. The number of primary amides is 1. The molecule has 1 aromatic heterocycles. The molecule has 0 radical (unpaired) electrons. The van der Waals surface area contributed by atoms with Crippen molar-refractivity contribution >= 4 is 50.5 Å². The summed E-state index contributed by atoms with van der Waals surface area (Å²) in [6.45, 7) is 0. The highest BCUT2D eigenvalue weighted by Gasteiger charge is 2.15. The molecule has 14 heavy (non-hydrogen) atoms. The number of rotatable bonds is 1. The molecule has 0 bridgehead atoms. The predicted octanol–water partition coefficient (Wildman–Crippen LogP) is 3.31. The molecule has 2 nitrogen and oxygen atoms in total. The topological polar surface area (TPSA) is 43.1 Å². The third-order valence-corrected chi connectivity index (χ3v) is 4.02. The van der Waals surface area contributed by atoms with Crippen molar-refractivity contribution in [3.05, 3.63) is 33.1 Å². The Morgan fingerprint density at radius 3 is 2.64 bits per heavy atom. The molecule has 0 saturated heterocycles. The molecule has 2 rings (SSSR count). The van der Waals surface area contributed by atoms with Crippen molar-refractivity contribution < 1.29 is 4.79 Å². The van der Waals surface area contributed by atoms with Crippen molar-refractivity contribution in [2.75, 3.05) is 0 Å². The Morgan fingerprint density at radius 1 is 1.36 bits per heavy atom. The first-order valence-electron chi connectivity index (χ1n) is 3.77. The van der Waals surface area contributed by atoms with Gasteiger partial charge in [0.1, 0.15) is 4.88 Å². The molecular weight excluding hydrogens is 241 g/mol. The first-order chi connectivity index (χ1) is 6.61. The summed E-state index contributed by atoms with van der Waals surface area (Å²) >= 11 is 13.1. The van der Waals surface area contributed by atoms with E-state index in [1.165, 1.54) is 11.3 Å². The summed E-state index contributed by atoms with van der Waals surface area (Å²) in [5.41, 5.74) is 5.17. The molecule has 2 aromatic rings. The molecule has 2 N–H and O–H groups in total. The Labute approximate surface area is 94.2 Å². The van der Waals surface area contributed by atoms with Crippen LogP contribution < -0.4 is 5.73 Å². The van der Waals surface area contributed by atoms with E-state index in [4.69, 9.17) is 28.9 Å². The average molecular weight is 246 g/mol. The molecule has 1 amide bonds. The Bertz CT molecular complexity index is 521. The van der Waals surface area contributed by atoms with E-state index in [0.29, 0.717) is 14.9 Å². The van der Waals surface area contributed by atoms with Gasteiger partial charge in [0.2, 0.25) is 0 Å². The lowest BCUT2D eigenvalue weighted by Crippen LogP contribution is -2.08. The molecule has 0 aliphatic carbocycles. The molecule has 0 spiro atoms. The maximum Gasteiger partial charge on any atom is 0.260 e. The van der Waals surface area contributed by atoms with Gasteiger partial charge >= 0.3 is 0 Å². The normalized spacial score (nSPS) is 10.7. The number of halogens is 2. The van der Waals surface area contributed by atoms with E-state index in [-0.39, 0.29) is 0 Å². The summed E-state index contributed by atoms with van der Waals surface area (Å²) in [6, 6.07) is 5.35. The van der Waals surface area contributed by atoms with Crippen LogP contribution in [-0.4, -0.2) is 5.91 Å². The van der Waals surface area contributed by atoms with Crippen LogP contribution in [-0.2, 0) is 0 Å². The van der Waals surface area contributed by atoms with Crippen molar-refractivity contribution in [2.45, 2.75) is 0 Å². The maximum atomic E-state index is 11.0. The van der Waals surface area contributed by atoms with E-state index in [2.05, 4.69) is 0 Å². The summed E-state index contributed by atoms with van der Waals surface area (Å²) in [7, 11) is 0. The Morgan fingerprint density at radius 2 is 2.07 bits per heavy atom. The van der Waals surface area contributed by atoms with E-state index >= 15 is 0 Å². The maximum absolute atomic E-state index is 11.0. The number of amides is 1. The van der Waals surface area contributed by atoms with Gasteiger partial charge in [0.25, 0.3) is 5.91 Å². The number of fused-ring (bicyclic) bond motifs is 1. The highest BCUT2D eigenvalue weighted by molar-refractivity contribution is 7.22. The molecule has 1 heterocycles. The molecular formula is C9H5Cl2NOS. The van der Waals surface area contributed by atoms with Gasteiger partial charge < -0.3 is 5.73 Å². The fourth-order valence-corrected chi connectivity index (χ4v) is 2.88. The van der Waals surface area contributed by atoms with Crippen molar-refractivity contribution in [3.63, 3.8) is 0 Å².